The van der Waals surface area contributed by atoms with Crippen LogP contribution in [0.25, 0.3) is 22.4 Å². The van der Waals surface area contributed by atoms with Crippen molar-refractivity contribution < 1.29 is 36.6 Å². The SMILES string of the molecule is CCOC(=O)c1nc(-c2ccc(OC)c3nc(C(F)(F)F)ccc23)oc1C[C@@H](C)OC(C)(C)C. The summed E-state index contributed by atoms with van der Waals surface area (Å²) in [5.41, 5.74) is -1.12. The zero-order valence-corrected chi connectivity index (χ0v) is 19.9. The molecule has 0 radical (unpaired) electrons. The number of rotatable bonds is 7. The van der Waals surface area contributed by atoms with Crippen molar-refractivity contribution in [2.45, 2.75) is 58.9 Å². The first-order valence-corrected chi connectivity index (χ1v) is 10.7. The number of hydrogen-bond acceptors (Lipinski definition) is 7. The Hall–Kier alpha value is -3.14. The lowest BCUT2D eigenvalue weighted by molar-refractivity contribution is -0.140. The maximum Gasteiger partial charge on any atom is 0.433 e. The second-order valence-electron chi connectivity index (χ2n) is 8.66. The Morgan fingerprint density at radius 2 is 1.82 bits per heavy atom. The molecule has 184 valence electrons. The van der Waals surface area contributed by atoms with Gasteiger partial charge in [0, 0.05) is 17.4 Å². The number of methoxy groups -OCH3 is 1. The Kier molecular flexibility index (Phi) is 7.21. The molecular weight excluding hydrogens is 453 g/mol. The summed E-state index contributed by atoms with van der Waals surface area (Å²) in [7, 11) is 1.34. The van der Waals surface area contributed by atoms with E-state index >= 15 is 0 Å². The number of nitrogens with zero attached hydrogens (tertiary/aromatic N) is 2. The van der Waals surface area contributed by atoms with Gasteiger partial charge in [-0.15, -0.1) is 0 Å². The van der Waals surface area contributed by atoms with Crippen LogP contribution in [-0.4, -0.2) is 41.4 Å². The smallest absolute Gasteiger partial charge is 0.433 e. The predicted octanol–water partition coefficient (Wildman–Crippen LogP) is 5.84. The summed E-state index contributed by atoms with van der Waals surface area (Å²) in [6.07, 6.45) is -4.69. The standard InChI is InChI=1S/C24H27F3N2O5/c1-7-32-22(30)20-17(12-13(2)34-23(3,4)5)33-21(29-20)15-8-10-16(31-6)19-14(15)9-11-18(28-19)24(25,26)27/h8-11,13H,7,12H2,1-6H3/t13-/m1/s1. The molecular formula is C24H27F3N2O5. The minimum Gasteiger partial charge on any atom is -0.494 e. The number of hydrogen-bond donors (Lipinski definition) is 0. The average Bonchev–Trinajstić information content (AvgIpc) is 3.14. The van der Waals surface area contributed by atoms with Crippen molar-refractivity contribution in [1.82, 2.24) is 9.97 Å². The molecule has 0 aliphatic carbocycles. The maximum absolute atomic E-state index is 13.2. The van der Waals surface area contributed by atoms with Crippen LogP contribution in [0.2, 0.25) is 0 Å². The monoisotopic (exact) mass is 480 g/mol. The summed E-state index contributed by atoms with van der Waals surface area (Å²) in [6, 6.07) is 5.22. The number of benzene rings is 1. The summed E-state index contributed by atoms with van der Waals surface area (Å²) < 4.78 is 61.9. The van der Waals surface area contributed by atoms with E-state index in [1.54, 1.807) is 13.0 Å². The van der Waals surface area contributed by atoms with Crippen LogP contribution in [0.4, 0.5) is 13.2 Å². The molecule has 2 heterocycles. The number of ether oxygens (including phenoxy) is 3. The molecule has 3 aromatic rings. The van der Waals surface area contributed by atoms with Crippen molar-refractivity contribution in [2.75, 3.05) is 13.7 Å². The minimum atomic E-state index is -4.62. The molecule has 0 saturated carbocycles. The van der Waals surface area contributed by atoms with E-state index in [0.29, 0.717) is 10.9 Å². The van der Waals surface area contributed by atoms with Crippen LogP contribution in [0.5, 0.6) is 5.75 Å². The highest BCUT2D eigenvalue weighted by molar-refractivity contribution is 5.97. The van der Waals surface area contributed by atoms with Crippen LogP contribution in [0.15, 0.2) is 28.7 Å². The van der Waals surface area contributed by atoms with Gasteiger partial charge >= 0.3 is 12.1 Å². The molecule has 1 atom stereocenters. The number of carbonyl (C=O) groups is 1. The Morgan fingerprint density at radius 1 is 1.12 bits per heavy atom. The van der Waals surface area contributed by atoms with Crippen LogP contribution in [0, 0.1) is 0 Å². The first-order valence-electron chi connectivity index (χ1n) is 10.7. The van der Waals surface area contributed by atoms with Crippen molar-refractivity contribution in [2.24, 2.45) is 0 Å². The molecule has 3 rings (SSSR count). The predicted molar refractivity (Wildman–Crippen MR) is 119 cm³/mol. The van der Waals surface area contributed by atoms with Gasteiger partial charge in [-0.05, 0) is 58.9 Å². The molecule has 34 heavy (non-hydrogen) atoms. The Morgan fingerprint density at radius 3 is 2.41 bits per heavy atom. The van der Waals surface area contributed by atoms with Crippen molar-refractivity contribution >= 4 is 16.9 Å². The van der Waals surface area contributed by atoms with E-state index in [0.717, 1.165) is 6.07 Å². The molecule has 0 saturated heterocycles. The zero-order chi connectivity index (χ0) is 25.3. The summed E-state index contributed by atoms with van der Waals surface area (Å²) in [5, 5.41) is 0.328. The Balaban J connectivity index is 2.13. The fourth-order valence-electron chi connectivity index (χ4n) is 3.57. The molecule has 0 unspecified atom stereocenters. The molecule has 1 aromatic carbocycles. The molecule has 0 N–H and O–H groups in total. The number of oxazole rings is 1. The van der Waals surface area contributed by atoms with Gasteiger partial charge in [0.2, 0.25) is 5.89 Å². The molecule has 0 aliphatic heterocycles. The van der Waals surface area contributed by atoms with E-state index in [9.17, 15) is 18.0 Å². The first-order chi connectivity index (χ1) is 15.8. The van der Waals surface area contributed by atoms with E-state index in [1.807, 2.05) is 27.7 Å². The normalized spacial score (nSPS) is 13.2. The van der Waals surface area contributed by atoms with Crippen LogP contribution in [-0.2, 0) is 22.1 Å². The van der Waals surface area contributed by atoms with E-state index in [4.69, 9.17) is 18.6 Å². The topological polar surface area (TPSA) is 83.7 Å². The Labute approximate surface area is 195 Å². The number of fused-ring (bicyclic) bond motifs is 1. The second-order valence-corrected chi connectivity index (χ2v) is 8.66. The molecule has 7 nitrogen and oxygen atoms in total. The third-order valence-corrected chi connectivity index (χ3v) is 4.75. The largest absolute Gasteiger partial charge is 0.494 e. The van der Waals surface area contributed by atoms with Gasteiger partial charge in [0.1, 0.15) is 22.7 Å². The summed E-state index contributed by atoms with van der Waals surface area (Å²) in [5.74, 6) is -0.190. The maximum atomic E-state index is 13.2. The fraction of sp³-hybridized carbons (Fsp3) is 0.458. The number of carbonyl (C=O) groups excluding carboxylic acids is 1. The molecule has 0 amide bonds. The minimum absolute atomic E-state index is 0.00306. The summed E-state index contributed by atoms with van der Waals surface area (Å²) in [6.45, 7) is 9.39. The molecule has 0 aliphatic rings. The number of alkyl halides is 3. The van der Waals surface area contributed by atoms with Crippen molar-refractivity contribution in [1.29, 1.82) is 0 Å². The van der Waals surface area contributed by atoms with Gasteiger partial charge in [0.15, 0.2) is 5.69 Å². The van der Waals surface area contributed by atoms with Gasteiger partial charge in [0.05, 0.1) is 25.4 Å². The van der Waals surface area contributed by atoms with Gasteiger partial charge in [0.25, 0.3) is 0 Å². The zero-order valence-electron chi connectivity index (χ0n) is 19.9. The van der Waals surface area contributed by atoms with Crippen LogP contribution < -0.4 is 4.74 Å². The lowest BCUT2D eigenvalue weighted by Gasteiger charge is -2.24. The second kappa shape index (κ2) is 9.61. The van der Waals surface area contributed by atoms with Crippen LogP contribution >= 0.6 is 0 Å². The van der Waals surface area contributed by atoms with Crippen molar-refractivity contribution in [3.63, 3.8) is 0 Å². The first kappa shape index (κ1) is 25.5. The number of halogens is 3. The highest BCUT2D eigenvalue weighted by Crippen LogP contribution is 2.37. The quantitative estimate of drug-likeness (QED) is 0.393. The number of esters is 1. The average molecular weight is 480 g/mol. The fourth-order valence-corrected chi connectivity index (χ4v) is 3.57. The van der Waals surface area contributed by atoms with Gasteiger partial charge < -0.3 is 18.6 Å². The van der Waals surface area contributed by atoms with Crippen molar-refractivity contribution in [3.05, 3.63) is 41.4 Å². The van der Waals surface area contributed by atoms with Crippen LogP contribution in [0.3, 0.4) is 0 Å². The molecule has 10 heteroatoms. The highest BCUT2D eigenvalue weighted by Gasteiger charge is 2.33. The van der Waals surface area contributed by atoms with E-state index < -0.39 is 23.4 Å². The third kappa shape index (κ3) is 5.67. The van der Waals surface area contributed by atoms with Gasteiger partial charge in [-0.25, -0.2) is 14.8 Å². The van der Waals surface area contributed by atoms with Gasteiger partial charge in [-0.1, -0.05) is 0 Å². The van der Waals surface area contributed by atoms with E-state index in [2.05, 4.69) is 9.97 Å². The molecule has 0 spiro atoms. The van der Waals surface area contributed by atoms with E-state index in [-0.39, 0.29) is 47.7 Å². The van der Waals surface area contributed by atoms with Gasteiger partial charge in [-0.3, -0.25) is 0 Å². The highest BCUT2D eigenvalue weighted by atomic mass is 19.4. The van der Waals surface area contributed by atoms with E-state index in [1.165, 1.54) is 19.2 Å². The molecule has 2 aromatic heterocycles. The summed E-state index contributed by atoms with van der Waals surface area (Å²) >= 11 is 0. The van der Waals surface area contributed by atoms with Gasteiger partial charge in [-0.2, -0.15) is 13.2 Å². The lowest BCUT2D eigenvalue weighted by Crippen LogP contribution is -2.27. The number of aromatic nitrogens is 2. The van der Waals surface area contributed by atoms with Crippen molar-refractivity contribution in [3.8, 4) is 17.2 Å². The number of pyridine rings is 1. The van der Waals surface area contributed by atoms with Crippen LogP contribution in [0.1, 0.15) is 56.6 Å². The summed E-state index contributed by atoms with van der Waals surface area (Å²) in [4.78, 5) is 20.6. The molecule has 0 fully saturated rings. The third-order valence-electron chi connectivity index (χ3n) is 4.75. The Bertz CT molecular complexity index is 1180. The lowest BCUT2D eigenvalue weighted by atomic mass is 10.1. The molecule has 0 bridgehead atoms.